The van der Waals surface area contributed by atoms with E-state index in [-0.39, 0.29) is 0 Å². The average molecular weight is 144 g/mol. The molecule has 0 spiro atoms. The summed E-state index contributed by atoms with van der Waals surface area (Å²) in [6, 6.07) is 0. The quantitative estimate of drug-likeness (QED) is 0.435. The van der Waals surface area contributed by atoms with Gasteiger partial charge in [-0.2, -0.15) is 0 Å². The minimum absolute atomic E-state index is 0.844. The molecule has 0 bridgehead atoms. The number of hydrogen-bond donors (Lipinski definition) is 0. The predicted octanol–water partition coefficient (Wildman–Crippen LogP) is 3.02. The summed E-state index contributed by atoms with van der Waals surface area (Å²) in [5.74, 6) is 0. The van der Waals surface area contributed by atoms with Crippen molar-refractivity contribution < 1.29 is 4.74 Å². The summed E-state index contributed by atoms with van der Waals surface area (Å²) < 4.78 is 4.84. The number of rotatable bonds is 4. The Hall–Kier alpha value is -0.300. The van der Waals surface area contributed by atoms with E-state index in [2.05, 4.69) is 19.1 Å². The van der Waals surface area contributed by atoms with Crippen molar-refractivity contribution in [2.75, 3.05) is 13.7 Å². The van der Waals surface area contributed by atoms with Crippen LogP contribution >= 0.6 is 0 Å². The van der Waals surface area contributed by atoms with Crippen LogP contribution in [0.1, 0.15) is 33.6 Å². The van der Waals surface area contributed by atoms with Crippen molar-refractivity contribution in [3.8, 4) is 0 Å². The fourth-order valence-electron chi connectivity index (χ4n) is 0.470. The predicted molar refractivity (Wildman–Crippen MR) is 47.3 cm³/mol. The van der Waals surface area contributed by atoms with Crippen LogP contribution < -0.4 is 0 Å². The Kier molecular flexibility index (Phi) is 19.7. The smallest absolute Gasteiger partial charge is 0.0496 e. The monoisotopic (exact) mass is 144 g/mol. The zero-order valence-electron chi connectivity index (χ0n) is 7.68. The van der Waals surface area contributed by atoms with Crippen LogP contribution in [0.3, 0.4) is 0 Å². The van der Waals surface area contributed by atoms with E-state index in [4.69, 9.17) is 4.74 Å². The summed E-state index contributed by atoms with van der Waals surface area (Å²) in [5, 5.41) is 0. The van der Waals surface area contributed by atoms with Gasteiger partial charge in [0.1, 0.15) is 0 Å². The highest BCUT2D eigenvalue weighted by Gasteiger charge is 1.73. The number of methoxy groups -OCH3 is 1. The highest BCUT2D eigenvalue weighted by atomic mass is 16.5. The summed E-state index contributed by atoms with van der Waals surface area (Å²) in [5.41, 5.74) is 0. The molecule has 0 rings (SSSR count). The highest BCUT2D eigenvalue weighted by Crippen LogP contribution is 1.85. The lowest BCUT2D eigenvalue weighted by Gasteiger charge is -1.88. The summed E-state index contributed by atoms with van der Waals surface area (Å²) in [4.78, 5) is 0. The minimum Gasteiger partial charge on any atom is -0.384 e. The third kappa shape index (κ3) is 15.6. The lowest BCUT2D eigenvalue weighted by Crippen LogP contribution is -1.82. The fraction of sp³-hybridized carbons (Fsp3) is 0.778. The van der Waals surface area contributed by atoms with Gasteiger partial charge in [0.05, 0.1) is 0 Å². The van der Waals surface area contributed by atoms with E-state index in [1.54, 1.807) is 7.11 Å². The van der Waals surface area contributed by atoms with E-state index in [1.807, 2.05) is 13.8 Å². The summed E-state index contributed by atoms with van der Waals surface area (Å²) >= 11 is 0. The van der Waals surface area contributed by atoms with Crippen molar-refractivity contribution in [2.24, 2.45) is 0 Å². The first-order chi connectivity index (χ1) is 4.91. The Balaban J connectivity index is 0. The molecule has 0 radical (unpaired) electrons. The van der Waals surface area contributed by atoms with Crippen LogP contribution in [0.25, 0.3) is 0 Å². The molecule has 62 valence electrons. The molecule has 0 amide bonds. The molecule has 0 aromatic rings. The molecule has 0 saturated carbocycles. The first-order valence-electron chi connectivity index (χ1n) is 4.05. The molecule has 0 heterocycles. The largest absolute Gasteiger partial charge is 0.384 e. The molecule has 0 aromatic heterocycles. The van der Waals surface area contributed by atoms with E-state index in [1.165, 1.54) is 0 Å². The van der Waals surface area contributed by atoms with E-state index in [0.29, 0.717) is 0 Å². The molecule has 1 heteroatoms. The molecule has 0 atom stereocenters. The highest BCUT2D eigenvalue weighted by molar-refractivity contribution is 4.79. The lowest BCUT2D eigenvalue weighted by molar-refractivity contribution is 0.204. The summed E-state index contributed by atoms with van der Waals surface area (Å²) in [7, 11) is 1.72. The summed E-state index contributed by atoms with van der Waals surface area (Å²) in [6.07, 6.45) is 6.47. The molecule has 0 aliphatic carbocycles. The molecule has 1 nitrogen and oxygen atoms in total. The van der Waals surface area contributed by atoms with Crippen molar-refractivity contribution >= 4 is 0 Å². The van der Waals surface area contributed by atoms with Crippen molar-refractivity contribution in [2.45, 2.75) is 33.6 Å². The van der Waals surface area contributed by atoms with Crippen LogP contribution in [0.4, 0.5) is 0 Å². The first-order valence-corrected chi connectivity index (χ1v) is 4.05. The van der Waals surface area contributed by atoms with Gasteiger partial charge in [-0.05, 0) is 12.8 Å². The van der Waals surface area contributed by atoms with Gasteiger partial charge in [-0.25, -0.2) is 0 Å². The third-order valence-electron chi connectivity index (χ3n) is 0.891. The van der Waals surface area contributed by atoms with E-state index < -0.39 is 0 Å². The maximum atomic E-state index is 4.84. The maximum absolute atomic E-state index is 4.84. The van der Waals surface area contributed by atoms with Crippen molar-refractivity contribution in [1.29, 1.82) is 0 Å². The molecule has 0 aliphatic heterocycles. The molecule has 0 unspecified atom stereocenters. The third-order valence-corrected chi connectivity index (χ3v) is 0.891. The van der Waals surface area contributed by atoms with Gasteiger partial charge < -0.3 is 4.74 Å². The topological polar surface area (TPSA) is 9.23 Å². The SMILES string of the molecule is CC.CC/C=C\CCOC. The van der Waals surface area contributed by atoms with E-state index in [9.17, 15) is 0 Å². The van der Waals surface area contributed by atoms with Gasteiger partial charge in [-0.15, -0.1) is 0 Å². The van der Waals surface area contributed by atoms with Crippen LogP contribution in [0.15, 0.2) is 12.2 Å². The van der Waals surface area contributed by atoms with Crippen molar-refractivity contribution in [3.63, 3.8) is 0 Å². The second-order valence-corrected chi connectivity index (χ2v) is 1.66. The number of hydrogen-bond acceptors (Lipinski definition) is 1. The minimum atomic E-state index is 0.844. The Morgan fingerprint density at radius 3 is 2.20 bits per heavy atom. The van der Waals surface area contributed by atoms with Crippen LogP contribution in [-0.2, 0) is 4.74 Å². The molecule has 0 aromatic carbocycles. The van der Waals surface area contributed by atoms with Gasteiger partial charge in [0, 0.05) is 13.7 Å². The van der Waals surface area contributed by atoms with Crippen LogP contribution in [0.2, 0.25) is 0 Å². The maximum Gasteiger partial charge on any atom is 0.0496 e. The first kappa shape index (κ1) is 12.4. The molecule has 10 heavy (non-hydrogen) atoms. The standard InChI is InChI=1S/C7H14O.C2H6/c1-3-4-5-6-7-8-2;1-2/h4-5H,3,6-7H2,1-2H3;1-2H3/b5-4-;. The van der Waals surface area contributed by atoms with Gasteiger partial charge in [-0.1, -0.05) is 32.9 Å². The molecule has 0 aliphatic rings. The second kappa shape index (κ2) is 15.9. The van der Waals surface area contributed by atoms with E-state index >= 15 is 0 Å². The van der Waals surface area contributed by atoms with Gasteiger partial charge >= 0.3 is 0 Å². The average Bonchev–Trinajstić information content (AvgIpc) is 2.02. The number of allylic oxidation sites excluding steroid dienone is 1. The van der Waals surface area contributed by atoms with Crippen molar-refractivity contribution in [3.05, 3.63) is 12.2 Å². The molecular formula is C9H20O. The zero-order chi connectivity index (χ0) is 8.24. The fourth-order valence-corrected chi connectivity index (χ4v) is 0.470. The molecular weight excluding hydrogens is 124 g/mol. The molecule has 0 fully saturated rings. The van der Waals surface area contributed by atoms with Crippen LogP contribution in [-0.4, -0.2) is 13.7 Å². The summed E-state index contributed by atoms with van der Waals surface area (Å²) in [6.45, 7) is 6.97. The Morgan fingerprint density at radius 1 is 1.20 bits per heavy atom. The zero-order valence-corrected chi connectivity index (χ0v) is 7.68. The van der Waals surface area contributed by atoms with Crippen molar-refractivity contribution in [1.82, 2.24) is 0 Å². The van der Waals surface area contributed by atoms with Gasteiger partial charge in [0.2, 0.25) is 0 Å². The normalized spacial score (nSPS) is 9.20. The lowest BCUT2D eigenvalue weighted by atomic mass is 10.3. The number of ether oxygens (including phenoxy) is 1. The van der Waals surface area contributed by atoms with Gasteiger partial charge in [0.15, 0.2) is 0 Å². The van der Waals surface area contributed by atoms with Gasteiger partial charge in [0.25, 0.3) is 0 Å². The Labute approximate surface area is 65.1 Å². The van der Waals surface area contributed by atoms with E-state index in [0.717, 1.165) is 19.4 Å². The molecule has 0 N–H and O–H groups in total. The molecule has 0 saturated heterocycles. The Bertz CT molecular complexity index is 57.7. The Morgan fingerprint density at radius 2 is 1.80 bits per heavy atom. The van der Waals surface area contributed by atoms with Gasteiger partial charge in [-0.3, -0.25) is 0 Å². The van der Waals surface area contributed by atoms with Crippen LogP contribution in [0, 0.1) is 0 Å². The second-order valence-electron chi connectivity index (χ2n) is 1.66. The van der Waals surface area contributed by atoms with Crippen LogP contribution in [0.5, 0.6) is 0 Å².